The van der Waals surface area contributed by atoms with Gasteiger partial charge >= 0.3 is 11.9 Å². The molecular weight excluding hydrogens is 350 g/mol. The smallest absolute Gasteiger partial charge is 0.350 e. The second-order valence-corrected chi connectivity index (χ2v) is 9.18. The van der Waals surface area contributed by atoms with Gasteiger partial charge in [-0.25, -0.2) is 14.6 Å². The maximum absolute atomic E-state index is 12.7. The summed E-state index contributed by atoms with van der Waals surface area (Å²) in [6.07, 6.45) is 0.267. The van der Waals surface area contributed by atoms with Crippen molar-refractivity contribution in [2.24, 2.45) is 0 Å². The van der Waals surface area contributed by atoms with Crippen molar-refractivity contribution in [2.45, 2.75) is 59.0 Å². The summed E-state index contributed by atoms with van der Waals surface area (Å²) in [4.78, 5) is 29.2. The number of carbonyl (C=O) groups is 2. The van der Waals surface area contributed by atoms with Crippen LogP contribution in [0.15, 0.2) is 24.3 Å². The van der Waals surface area contributed by atoms with Crippen LogP contribution in [0.3, 0.4) is 0 Å². The number of rotatable bonds is 4. The van der Waals surface area contributed by atoms with E-state index in [1.165, 1.54) is 11.3 Å². The molecule has 0 unspecified atom stereocenters. The van der Waals surface area contributed by atoms with Gasteiger partial charge in [0.1, 0.15) is 10.5 Å². The van der Waals surface area contributed by atoms with E-state index in [-0.39, 0.29) is 17.4 Å². The number of ether oxygens (including phenoxy) is 1. The zero-order valence-electron chi connectivity index (χ0n) is 16.0. The maximum atomic E-state index is 12.7. The van der Waals surface area contributed by atoms with E-state index < -0.39 is 17.5 Å². The van der Waals surface area contributed by atoms with Crippen molar-refractivity contribution in [1.29, 1.82) is 0 Å². The van der Waals surface area contributed by atoms with Crippen molar-refractivity contribution in [3.63, 3.8) is 0 Å². The lowest BCUT2D eigenvalue weighted by molar-refractivity contribution is 0.00738. The summed E-state index contributed by atoms with van der Waals surface area (Å²) < 4.78 is 5.52. The largest absolute Gasteiger partial charge is 0.478 e. The van der Waals surface area contributed by atoms with Crippen molar-refractivity contribution in [2.75, 3.05) is 0 Å². The third-order valence-corrected chi connectivity index (χ3v) is 5.03. The third-order valence-electron chi connectivity index (χ3n) is 3.53. The van der Waals surface area contributed by atoms with Crippen LogP contribution in [0.2, 0.25) is 0 Å². The molecule has 1 aromatic heterocycles. The van der Waals surface area contributed by atoms with Crippen molar-refractivity contribution in [3.05, 3.63) is 51.0 Å². The van der Waals surface area contributed by atoms with Crippen LogP contribution >= 0.6 is 11.3 Å². The van der Waals surface area contributed by atoms with Crippen LogP contribution in [-0.4, -0.2) is 27.6 Å². The molecule has 26 heavy (non-hydrogen) atoms. The van der Waals surface area contributed by atoms with E-state index >= 15 is 0 Å². The zero-order valence-corrected chi connectivity index (χ0v) is 16.9. The number of esters is 1. The standard InChI is InChI=1S/C20H25NO4S/c1-19(2,3)18-21-14(15(26-18)17(24)25-20(4,5)6)11-12-9-7-8-10-13(12)16(22)23/h7-10H,11H2,1-6H3,(H,22,23). The molecule has 2 rings (SSSR count). The first-order valence-electron chi connectivity index (χ1n) is 8.43. The van der Waals surface area contributed by atoms with Gasteiger partial charge in [0, 0.05) is 11.8 Å². The van der Waals surface area contributed by atoms with E-state index in [0.29, 0.717) is 16.1 Å². The van der Waals surface area contributed by atoms with Crippen LogP contribution in [0.4, 0.5) is 0 Å². The Morgan fingerprint density at radius 1 is 1.12 bits per heavy atom. The molecule has 0 saturated heterocycles. The molecule has 0 spiro atoms. The fourth-order valence-corrected chi connectivity index (χ4v) is 3.36. The van der Waals surface area contributed by atoms with Gasteiger partial charge < -0.3 is 9.84 Å². The fraction of sp³-hybridized carbons (Fsp3) is 0.450. The Morgan fingerprint density at radius 2 is 1.73 bits per heavy atom. The Balaban J connectivity index is 2.49. The van der Waals surface area contributed by atoms with E-state index in [9.17, 15) is 14.7 Å². The number of carboxylic acids is 1. The highest BCUT2D eigenvalue weighted by atomic mass is 32.1. The Morgan fingerprint density at radius 3 is 2.27 bits per heavy atom. The Kier molecular flexibility index (Phi) is 5.56. The van der Waals surface area contributed by atoms with Crippen molar-refractivity contribution in [1.82, 2.24) is 4.98 Å². The normalized spacial score (nSPS) is 12.1. The highest BCUT2D eigenvalue weighted by Crippen LogP contribution is 2.32. The van der Waals surface area contributed by atoms with E-state index in [1.54, 1.807) is 24.3 Å². The van der Waals surface area contributed by atoms with Gasteiger partial charge in [-0.05, 0) is 32.4 Å². The van der Waals surface area contributed by atoms with Gasteiger partial charge in [-0.15, -0.1) is 11.3 Å². The topological polar surface area (TPSA) is 76.5 Å². The van der Waals surface area contributed by atoms with Crippen LogP contribution < -0.4 is 0 Å². The number of thiazole rings is 1. The molecule has 5 nitrogen and oxygen atoms in total. The van der Waals surface area contributed by atoms with E-state index in [2.05, 4.69) is 4.98 Å². The molecule has 0 aliphatic rings. The SMILES string of the molecule is CC(C)(C)OC(=O)c1sc(C(C)(C)C)nc1Cc1ccccc1C(=O)O. The summed E-state index contributed by atoms with van der Waals surface area (Å²) in [5.74, 6) is -1.42. The summed E-state index contributed by atoms with van der Waals surface area (Å²) >= 11 is 1.32. The molecule has 0 amide bonds. The van der Waals surface area contributed by atoms with Crippen molar-refractivity contribution >= 4 is 23.3 Å². The van der Waals surface area contributed by atoms with Crippen molar-refractivity contribution in [3.8, 4) is 0 Å². The molecule has 0 radical (unpaired) electrons. The number of hydrogen-bond donors (Lipinski definition) is 1. The summed E-state index contributed by atoms with van der Waals surface area (Å²) in [5.41, 5.74) is 0.567. The number of nitrogens with zero attached hydrogens (tertiary/aromatic N) is 1. The maximum Gasteiger partial charge on any atom is 0.350 e. The predicted octanol–water partition coefficient (Wildman–Crippen LogP) is 4.68. The van der Waals surface area contributed by atoms with Gasteiger partial charge in [-0.2, -0.15) is 0 Å². The second-order valence-electron chi connectivity index (χ2n) is 8.19. The summed E-state index contributed by atoms with van der Waals surface area (Å²) in [7, 11) is 0. The van der Waals surface area contributed by atoms with Gasteiger partial charge in [0.25, 0.3) is 0 Å². The first-order chi connectivity index (χ1) is 11.9. The number of carbonyl (C=O) groups excluding carboxylic acids is 1. The molecule has 1 heterocycles. The first kappa shape index (κ1) is 20.1. The van der Waals surface area contributed by atoms with Gasteiger partial charge in [0.15, 0.2) is 0 Å². The Bertz CT molecular complexity index is 825. The molecule has 0 fully saturated rings. The summed E-state index contributed by atoms with van der Waals surface area (Å²) in [6.45, 7) is 11.5. The summed E-state index contributed by atoms with van der Waals surface area (Å²) in [5, 5.41) is 10.2. The fourth-order valence-electron chi connectivity index (χ4n) is 2.34. The highest BCUT2D eigenvalue weighted by Gasteiger charge is 2.28. The van der Waals surface area contributed by atoms with E-state index in [4.69, 9.17) is 4.74 Å². The average molecular weight is 375 g/mol. The molecule has 0 bridgehead atoms. The lowest BCUT2D eigenvalue weighted by atomic mass is 9.98. The molecule has 1 N–H and O–H groups in total. The number of aromatic carboxylic acids is 1. The van der Waals surface area contributed by atoms with Gasteiger partial charge in [0.05, 0.1) is 16.3 Å². The number of aromatic nitrogens is 1. The molecular formula is C20H25NO4S. The summed E-state index contributed by atoms with van der Waals surface area (Å²) in [6, 6.07) is 6.77. The van der Waals surface area contributed by atoms with Crippen LogP contribution in [0.1, 0.15) is 77.8 Å². The monoisotopic (exact) mass is 375 g/mol. The molecule has 0 aliphatic heterocycles. The first-order valence-corrected chi connectivity index (χ1v) is 9.25. The quantitative estimate of drug-likeness (QED) is 0.785. The van der Waals surface area contributed by atoms with E-state index in [0.717, 1.165) is 5.01 Å². The molecule has 0 saturated carbocycles. The van der Waals surface area contributed by atoms with Crippen LogP contribution in [0.5, 0.6) is 0 Å². The van der Waals surface area contributed by atoms with Crippen LogP contribution in [0, 0.1) is 0 Å². The van der Waals surface area contributed by atoms with Crippen LogP contribution in [-0.2, 0) is 16.6 Å². The Labute approximate surface area is 158 Å². The lowest BCUT2D eigenvalue weighted by Crippen LogP contribution is -2.24. The van der Waals surface area contributed by atoms with Gasteiger partial charge in [-0.3, -0.25) is 0 Å². The van der Waals surface area contributed by atoms with Crippen molar-refractivity contribution < 1.29 is 19.4 Å². The van der Waals surface area contributed by atoms with E-state index in [1.807, 2.05) is 41.5 Å². The third kappa shape index (κ3) is 4.91. The average Bonchev–Trinajstić information content (AvgIpc) is 2.90. The van der Waals surface area contributed by atoms with Gasteiger partial charge in [-0.1, -0.05) is 39.0 Å². The molecule has 0 atom stereocenters. The lowest BCUT2D eigenvalue weighted by Gasteiger charge is -2.19. The van der Waals surface area contributed by atoms with Crippen LogP contribution in [0.25, 0.3) is 0 Å². The minimum atomic E-state index is -0.995. The molecule has 6 heteroatoms. The highest BCUT2D eigenvalue weighted by molar-refractivity contribution is 7.13. The Hall–Kier alpha value is -2.21. The molecule has 2 aromatic rings. The predicted molar refractivity (Wildman–Crippen MR) is 102 cm³/mol. The minimum absolute atomic E-state index is 0.216. The molecule has 1 aromatic carbocycles. The second kappa shape index (κ2) is 7.19. The minimum Gasteiger partial charge on any atom is -0.478 e. The zero-order chi connectivity index (χ0) is 19.7. The number of benzene rings is 1. The number of hydrogen-bond acceptors (Lipinski definition) is 5. The molecule has 0 aliphatic carbocycles. The number of carboxylic acid groups (broad SMARTS) is 1. The van der Waals surface area contributed by atoms with Gasteiger partial charge in [0.2, 0.25) is 0 Å². The molecule has 140 valence electrons.